The van der Waals surface area contributed by atoms with Crippen LogP contribution < -0.4 is 5.73 Å². The van der Waals surface area contributed by atoms with E-state index >= 15 is 0 Å². The molecule has 0 bridgehead atoms. The molecule has 1 aromatic heterocycles. The van der Waals surface area contributed by atoms with Crippen LogP contribution in [0.1, 0.15) is 29.9 Å². The van der Waals surface area contributed by atoms with E-state index in [1.807, 2.05) is 12.1 Å². The van der Waals surface area contributed by atoms with Crippen LogP contribution in [0.15, 0.2) is 24.5 Å². The topological polar surface area (TPSA) is 91.4 Å². The SMILES string of the molecule is CC(N)c1cc(F)ccc1-n1cnc(C#N)c1C#N. The molecule has 0 amide bonds. The Labute approximate surface area is 109 Å². The first kappa shape index (κ1) is 12.7. The van der Waals surface area contributed by atoms with Gasteiger partial charge in [0, 0.05) is 6.04 Å². The van der Waals surface area contributed by atoms with Crippen LogP contribution in [0, 0.1) is 28.5 Å². The Morgan fingerprint density at radius 3 is 2.68 bits per heavy atom. The molecule has 94 valence electrons. The van der Waals surface area contributed by atoms with Crippen LogP contribution in [0.4, 0.5) is 4.39 Å². The van der Waals surface area contributed by atoms with Gasteiger partial charge in [-0.05, 0) is 30.7 Å². The van der Waals surface area contributed by atoms with Gasteiger partial charge in [-0.3, -0.25) is 4.57 Å². The van der Waals surface area contributed by atoms with Crippen LogP contribution in [-0.2, 0) is 0 Å². The number of imidazole rings is 1. The van der Waals surface area contributed by atoms with E-state index in [0.29, 0.717) is 11.3 Å². The second-order valence-electron chi connectivity index (χ2n) is 4.03. The predicted molar refractivity (Wildman–Crippen MR) is 65.6 cm³/mol. The summed E-state index contributed by atoms with van der Waals surface area (Å²) in [5, 5.41) is 18.0. The molecule has 6 heteroatoms. The highest BCUT2D eigenvalue weighted by Crippen LogP contribution is 2.23. The fourth-order valence-corrected chi connectivity index (χ4v) is 1.83. The first-order valence-electron chi connectivity index (χ1n) is 5.51. The van der Waals surface area contributed by atoms with Gasteiger partial charge in [0.25, 0.3) is 0 Å². The minimum Gasteiger partial charge on any atom is -0.324 e. The highest BCUT2D eigenvalue weighted by molar-refractivity contribution is 5.49. The first-order valence-corrected chi connectivity index (χ1v) is 5.51. The maximum Gasteiger partial charge on any atom is 0.177 e. The van der Waals surface area contributed by atoms with Crippen LogP contribution in [0.5, 0.6) is 0 Å². The normalized spacial score (nSPS) is 11.6. The Kier molecular flexibility index (Phi) is 3.28. The average molecular weight is 255 g/mol. The van der Waals surface area contributed by atoms with Crippen molar-refractivity contribution in [2.24, 2.45) is 5.73 Å². The molecule has 2 N–H and O–H groups in total. The molecule has 0 aliphatic carbocycles. The molecule has 0 saturated heterocycles. The van der Waals surface area contributed by atoms with Gasteiger partial charge in [-0.2, -0.15) is 10.5 Å². The lowest BCUT2D eigenvalue weighted by Gasteiger charge is -2.14. The van der Waals surface area contributed by atoms with E-state index < -0.39 is 11.9 Å². The van der Waals surface area contributed by atoms with E-state index in [0.717, 1.165) is 0 Å². The van der Waals surface area contributed by atoms with Crippen molar-refractivity contribution in [1.82, 2.24) is 9.55 Å². The van der Waals surface area contributed by atoms with Crippen molar-refractivity contribution in [3.05, 3.63) is 47.3 Å². The van der Waals surface area contributed by atoms with Gasteiger partial charge in [-0.1, -0.05) is 0 Å². The van der Waals surface area contributed by atoms with Crippen LogP contribution >= 0.6 is 0 Å². The van der Waals surface area contributed by atoms with E-state index in [4.69, 9.17) is 16.3 Å². The number of halogens is 1. The molecule has 5 nitrogen and oxygen atoms in total. The van der Waals surface area contributed by atoms with E-state index in [2.05, 4.69) is 4.98 Å². The summed E-state index contributed by atoms with van der Waals surface area (Å²) in [6.07, 6.45) is 1.36. The first-order chi connectivity index (χ1) is 9.08. The summed E-state index contributed by atoms with van der Waals surface area (Å²) in [6, 6.07) is 7.44. The third-order valence-corrected chi connectivity index (χ3v) is 2.72. The van der Waals surface area contributed by atoms with Crippen molar-refractivity contribution >= 4 is 0 Å². The Morgan fingerprint density at radius 1 is 1.37 bits per heavy atom. The Morgan fingerprint density at radius 2 is 2.11 bits per heavy atom. The standard InChI is InChI=1S/C13H10FN5/c1-8(17)10-4-9(14)2-3-12(10)19-7-18-11(5-15)13(19)6-16/h2-4,7-8H,17H2,1H3. The minimum absolute atomic E-state index is 0.0300. The van der Waals surface area contributed by atoms with Gasteiger partial charge in [-0.25, -0.2) is 9.37 Å². The lowest BCUT2D eigenvalue weighted by Crippen LogP contribution is -2.11. The zero-order valence-electron chi connectivity index (χ0n) is 10.1. The third kappa shape index (κ3) is 2.17. The summed E-state index contributed by atoms with van der Waals surface area (Å²) in [6.45, 7) is 1.71. The van der Waals surface area contributed by atoms with E-state index in [1.54, 1.807) is 6.92 Å². The van der Waals surface area contributed by atoms with E-state index in [9.17, 15) is 4.39 Å². The number of nitrogens with two attached hydrogens (primary N) is 1. The van der Waals surface area contributed by atoms with Crippen molar-refractivity contribution in [3.63, 3.8) is 0 Å². The number of hydrogen-bond donors (Lipinski definition) is 1. The lowest BCUT2D eigenvalue weighted by atomic mass is 10.1. The molecule has 0 spiro atoms. The van der Waals surface area contributed by atoms with Crippen LogP contribution in [0.3, 0.4) is 0 Å². The zero-order valence-corrected chi connectivity index (χ0v) is 10.1. The molecule has 2 aromatic rings. The minimum atomic E-state index is -0.412. The summed E-state index contributed by atoms with van der Waals surface area (Å²) >= 11 is 0. The van der Waals surface area contributed by atoms with Crippen LogP contribution in [0.25, 0.3) is 5.69 Å². The maximum absolute atomic E-state index is 13.3. The molecule has 0 fully saturated rings. The molecular weight excluding hydrogens is 245 g/mol. The van der Waals surface area contributed by atoms with Gasteiger partial charge in [0.1, 0.15) is 24.3 Å². The van der Waals surface area contributed by atoms with Crippen molar-refractivity contribution in [1.29, 1.82) is 10.5 Å². The number of aromatic nitrogens is 2. The highest BCUT2D eigenvalue weighted by Gasteiger charge is 2.16. The number of hydrogen-bond acceptors (Lipinski definition) is 4. The third-order valence-electron chi connectivity index (χ3n) is 2.72. The summed E-state index contributed by atoms with van der Waals surface area (Å²) in [5.74, 6) is -0.407. The number of benzene rings is 1. The molecule has 1 unspecified atom stereocenters. The average Bonchev–Trinajstić information content (AvgIpc) is 2.81. The van der Waals surface area contributed by atoms with Gasteiger partial charge in [0.2, 0.25) is 0 Å². The van der Waals surface area contributed by atoms with Gasteiger partial charge in [0.05, 0.1) is 5.69 Å². The van der Waals surface area contributed by atoms with Crippen molar-refractivity contribution in [2.75, 3.05) is 0 Å². The van der Waals surface area contributed by atoms with Gasteiger partial charge in [0.15, 0.2) is 11.4 Å². The van der Waals surface area contributed by atoms with Crippen LogP contribution in [0.2, 0.25) is 0 Å². The second kappa shape index (κ2) is 4.89. The molecule has 1 heterocycles. The smallest absolute Gasteiger partial charge is 0.177 e. The summed E-state index contributed by atoms with van der Waals surface area (Å²) in [4.78, 5) is 3.85. The van der Waals surface area contributed by atoms with Gasteiger partial charge >= 0.3 is 0 Å². The molecule has 0 aliphatic rings. The lowest BCUT2D eigenvalue weighted by molar-refractivity contribution is 0.621. The largest absolute Gasteiger partial charge is 0.324 e. The van der Waals surface area contributed by atoms with E-state index in [-0.39, 0.29) is 11.4 Å². The Bertz CT molecular complexity index is 703. The second-order valence-corrected chi connectivity index (χ2v) is 4.03. The number of rotatable bonds is 2. The zero-order chi connectivity index (χ0) is 14.0. The summed E-state index contributed by atoms with van der Waals surface area (Å²) in [7, 11) is 0. The predicted octanol–water partition coefficient (Wildman–Crippen LogP) is 1.77. The van der Waals surface area contributed by atoms with Crippen molar-refractivity contribution in [3.8, 4) is 17.8 Å². The molecule has 19 heavy (non-hydrogen) atoms. The summed E-state index contributed by atoms with van der Waals surface area (Å²) in [5.41, 5.74) is 7.02. The molecular formula is C13H10FN5. The molecule has 0 radical (unpaired) electrons. The van der Waals surface area contributed by atoms with Crippen LogP contribution in [-0.4, -0.2) is 9.55 Å². The molecule has 1 atom stereocenters. The maximum atomic E-state index is 13.3. The Hall–Kier alpha value is -2.70. The fraction of sp³-hybridized carbons (Fsp3) is 0.154. The summed E-state index contributed by atoms with van der Waals surface area (Å²) < 4.78 is 14.7. The number of nitriles is 2. The Balaban J connectivity index is 2.70. The number of nitrogens with zero attached hydrogens (tertiary/aromatic N) is 4. The van der Waals surface area contributed by atoms with Gasteiger partial charge in [-0.15, -0.1) is 0 Å². The van der Waals surface area contributed by atoms with Gasteiger partial charge < -0.3 is 5.73 Å². The molecule has 0 saturated carbocycles. The van der Waals surface area contributed by atoms with E-state index in [1.165, 1.54) is 29.1 Å². The fourth-order valence-electron chi connectivity index (χ4n) is 1.83. The molecule has 2 rings (SSSR count). The molecule has 0 aliphatic heterocycles. The molecule has 1 aromatic carbocycles. The quantitative estimate of drug-likeness (QED) is 0.885. The van der Waals surface area contributed by atoms with Crippen molar-refractivity contribution < 1.29 is 4.39 Å². The monoisotopic (exact) mass is 255 g/mol. The van der Waals surface area contributed by atoms with Crippen molar-refractivity contribution in [2.45, 2.75) is 13.0 Å². The highest BCUT2D eigenvalue weighted by atomic mass is 19.1.